The second-order valence-corrected chi connectivity index (χ2v) is 15.6. The van der Waals surface area contributed by atoms with Crippen LogP contribution in [-0.4, -0.2) is 48.3 Å². The first-order valence-corrected chi connectivity index (χ1v) is 16.1. The van der Waals surface area contributed by atoms with Crippen molar-refractivity contribution in [2.45, 2.75) is 73.3 Å². The molecule has 37 heavy (non-hydrogen) atoms. The Morgan fingerprint density at radius 2 is 1.68 bits per heavy atom. The van der Waals surface area contributed by atoms with E-state index in [0.717, 1.165) is 30.6 Å². The molecular formula is C28H37N3O4S2. The molecule has 6 fully saturated rings. The zero-order chi connectivity index (χ0) is 25.8. The minimum absolute atomic E-state index is 0.0104. The number of amides is 2. The van der Waals surface area contributed by atoms with Crippen molar-refractivity contribution in [1.82, 2.24) is 9.62 Å². The maximum atomic E-state index is 13.3. The van der Waals surface area contributed by atoms with Gasteiger partial charge in [-0.1, -0.05) is 6.58 Å². The molecule has 2 saturated heterocycles. The van der Waals surface area contributed by atoms with E-state index in [4.69, 9.17) is 0 Å². The van der Waals surface area contributed by atoms with Crippen LogP contribution in [0.15, 0.2) is 41.8 Å². The maximum absolute atomic E-state index is 13.3. The molecule has 2 N–H and O–H groups in total. The van der Waals surface area contributed by atoms with E-state index in [9.17, 15) is 18.0 Å². The normalized spacial score (nSPS) is 36.3. The SMILES string of the molecule is C=CC(=O)NC1CC2CN(S(=O)(=O)c3ccc(NC(=O)CCC45CC6CC(CC(C6)C4)C5)cc3)CC2S1. The fourth-order valence-corrected chi connectivity index (χ4v) is 11.6. The molecule has 4 saturated carbocycles. The largest absolute Gasteiger partial charge is 0.341 e. The van der Waals surface area contributed by atoms with E-state index < -0.39 is 10.0 Å². The Bertz CT molecular complexity index is 1130. The van der Waals surface area contributed by atoms with Crippen LogP contribution in [0.3, 0.4) is 0 Å². The molecule has 6 aliphatic rings. The van der Waals surface area contributed by atoms with Gasteiger partial charge in [0.2, 0.25) is 21.8 Å². The molecule has 200 valence electrons. The Balaban J connectivity index is 1.01. The maximum Gasteiger partial charge on any atom is 0.244 e. The Kier molecular flexibility index (Phi) is 6.68. The highest BCUT2D eigenvalue weighted by atomic mass is 32.2. The third-order valence-corrected chi connectivity index (χ3v) is 12.9. The van der Waals surface area contributed by atoms with Crippen LogP contribution in [0.2, 0.25) is 0 Å². The van der Waals surface area contributed by atoms with E-state index in [0.29, 0.717) is 30.6 Å². The van der Waals surface area contributed by atoms with Gasteiger partial charge in [-0.2, -0.15) is 4.31 Å². The van der Waals surface area contributed by atoms with E-state index in [1.54, 1.807) is 40.3 Å². The molecule has 0 spiro atoms. The van der Waals surface area contributed by atoms with Crippen LogP contribution in [0.1, 0.15) is 57.8 Å². The highest BCUT2D eigenvalue weighted by Gasteiger charge is 2.50. The molecule has 1 aromatic carbocycles. The summed E-state index contributed by atoms with van der Waals surface area (Å²) in [6, 6.07) is 6.58. The third-order valence-electron chi connectivity index (χ3n) is 9.52. The molecule has 2 amide bonds. The lowest BCUT2D eigenvalue weighted by molar-refractivity contribution is -0.118. The second-order valence-electron chi connectivity index (χ2n) is 12.2. The summed E-state index contributed by atoms with van der Waals surface area (Å²) in [5.74, 6) is 2.71. The van der Waals surface area contributed by atoms with Gasteiger partial charge >= 0.3 is 0 Å². The van der Waals surface area contributed by atoms with Crippen LogP contribution in [0, 0.1) is 29.1 Å². The number of hydrogen-bond acceptors (Lipinski definition) is 5. The van der Waals surface area contributed by atoms with Gasteiger partial charge in [-0.3, -0.25) is 9.59 Å². The van der Waals surface area contributed by atoms with Crippen molar-refractivity contribution in [3.63, 3.8) is 0 Å². The quantitative estimate of drug-likeness (QED) is 0.475. The Morgan fingerprint density at radius 1 is 1.03 bits per heavy atom. The summed E-state index contributed by atoms with van der Waals surface area (Å²) in [5.41, 5.74) is 1.03. The molecule has 0 radical (unpaired) electrons. The first kappa shape index (κ1) is 25.4. The van der Waals surface area contributed by atoms with Crippen LogP contribution in [0.25, 0.3) is 0 Å². The molecule has 4 bridgehead atoms. The zero-order valence-electron chi connectivity index (χ0n) is 21.2. The number of nitrogens with zero attached hydrogens (tertiary/aromatic N) is 1. The number of nitrogens with one attached hydrogen (secondary N) is 2. The summed E-state index contributed by atoms with van der Waals surface area (Å²) >= 11 is 1.64. The molecular weight excluding hydrogens is 506 g/mol. The van der Waals surface area contributed by atoms with Crippen LogP contribution < -0.4 is 10.6 Å². The van der Waals surface area contributed by atoms with Gasteiger partial charge in [0.05, 0.1) is 10.3 Å². The Labute approximate surface area is 224 Å². The lowest BCUT2D eigenvalue weighted by Crippen LogP contribution is -2.46. The smallest absolute Gasteiger partial charge is 0.244 e. The van der Waals surface area contributed by atoms with Crippen molar-refractivity contribution in [1.29, 1.82) is 0 Å². The van der Waals surface area contributed by atoms with Crippen molar-refractivity contribution in [3.05, 3.63) is 36.9 Å². The number of anilines is 1. The molecule has 2 heterocycles. The molecule has 2 aliphatic heterocycles. The molecule has 4 aliphatic carbocycles. The summed E-state index contributed by atoms with van der Waals surface area (Å²) in [4.78, 5) is 24.6. The summed E-state index contributed by atoms with van der Waals surface area (Å²) in [6.07, 6.45) is 11.7. The number of benzene rings is 1. The Morgan fingerprint density at radius 3 is 2.27 bits per heavy atom. The summed E-state index contributed by atoms with van der Waals surface area (Å²) < 4.78 is 28.1. The van der Waals surface area contributed by atoms with E-state index >= 15 is 0 Å². The monoisotopic (exact) mass is 543 g/mol. The average molecular weight is 544 g/mol. The molecule has 9 heteroatoms. The Hall–Kier alpha value is -1.84. The topological polar surface area (TPSA) is 95.6 Å². The first-order valence-electron chi connectivity index (χ1n) is 13.7. The number of carbonyl (C=O) groups excluding carboxylic acids is 2. The average Bonchev–Trinajstić information content (AvgIpc) is 3.42. The molecule has 0 aromatic heterocycles. The summed E-state index contributed by atoms with van der Waals surface area (Å²) in [6.45, 7) is 4.39. The van der Waals surface area contributed by atoms with Crippen molar-refractivity contribution < 1.29 is 18.0 Å². The van der Waals surface area contributed by atoms with E-state index in [2.05, 4.69) is 17.2 Å². The van der Waals surface area contributed by atoms with Crippen molar-refractivity contribution in [2.24, 2.45) is 29.1 Å². The second kappa shape index (κ2) is 9.72. The fraction of sp³-hybridized carbons (Fsp3) is 0.643. The van der Waals surface area contributed by atoms with Crippen molar-refractivity contribution in [2.75, 3.05) is 18.4 Å². The van der Waals surface area contributed by atoms with Crippen LogP contribution in [0.5, 0.6) is 0 Å². The number of thioether (sulfide) groups is 1. The van der Waals surface area contributed by atoms with Crippen molar-refractivity contribution >= 4 is 39.3 Å². The molecule has 1 aromatic rings. The number of hydrogen-bond donors (Lipinski definition) is 2. The predicted octanol–water partition coefficient (Wildman–Crippen LogP) is 4.38. The lowest BCUT2D eigenvalue weighted by Gasteiger charge is -2.57. The number of fused-ring (bicyclic) bond motifs is 1. The van der Waals surface area contributed by atoms with Gasteiger partial charge in [-0.05, 0) is 111 Å². The highest BCUT2D eigenvalue weighted by molar-refractivity contribution is 8.00. The highest BCUT2D eigenvalue weighted by Crippen LogP contribution is 2.61. The summed E-state index contributed by atoms with van der Waals surface area (Å²) in [5, 5.41) is 6.09. The van der Waals surface area contributed by atoms with Gasteiger partial charge < -0.3 is 10.6 Å². The predicted molar refractivity (Wildman–Crippen MR) is 145 cm³/mol. The minimum Gasteiger partial charge on any atom is -0.341 e. The molecule has 3 unspecified atom stereocenters. The molecule has 7 rings (SSSR count). The minimum atomic E-state index is -3.60. The van der Waals surface area contributed by atoms with E-state index in [1.165, 1.54) is 44.6 Å². The summed E-state index contributed by atoms with van der Waals surface area (Å²) in [7, 11) is -3.60. The van der Waals surface area contributed by atoms with Gasteiger partial charge in [0.25, 0.3) is 0 Å². The van der Waals surface area contributed by atoms with Crippen LogP contribution >= 0.6 is 11.8 Å². The van der Waals surface area contributed by atoms with E-state index in [1.807, 2.05) is 0 Å². The van der Waals surface area contributed by atoms with Crippen molar-refractivity contribution in [3.8, 4) is 0 Å². The van der Waals surface area contributed by atoms with Gasteiger partial charge in [-0.25, -0.2) is 8.42 Å². The number of sulfonamides is 1. The third kappa shape index (κ3) is 5.11. The number of carbonyl (C=O) groups is 2. The molecule has 3 atom stereocenters. The van der Waals surface area contributed by atoms with Crippen LogP contribution in [-0.2, 0) is 19.6 Å². The van der Waals surface area contributed by atoms with Gasteiger partial charge in [0.1, 0.15) is 0 Å². The van der Waals surface area contributed by atoms with Gasteiger partial charge in [0, 0.05) is 30.4 Å². The molecule has 7 nitrogen and oxygen atoms in total. The number of rotatable bonds is 8. The van der Waals surface area contributed by atoms with Crippen LogP contribution in [0.4, 0.5) is 5.69 Å². The van der Waals surface area contributed by atoms with Gasteiger partial charge in [-0.15, -0.1) is 11.8 Å². The van der Waals surface area contributed by atoms with Gasteiger partial charge in [0.15, 0.2) is 0 Å². The fourth-order valence-electron chi connectivity index (χ4n) is 8.29. The first-order chi connectivity index (χ1) is 17.7. The standard InChI is InChI=1S/C28H37N3O4S2/c1-2-25(32)30-27-12-21-16-31(17-24(21)36-27)37(34,35)23-5-3-22(4-6-23)29-26(33)7-8-28-13-18-9-19(14-28)11-20(10-18)15-28/h2-6,18-21,24,27H,1,7-17H2,(H,29,33)(H,30,32). The zero-order valence-corrected chi connectivity index (χ0v) is 22.9. The lowest BCUT2D eigenvalue weighted by atomic mass is 9.48. The van der Waals surface area contributed by atoms with E-state index in [-0.39, 0.29) is 33.3 Å².